The van der Waals surface area contributed by atoms with E-state index in [-0.39, 0.29) is 29.5 Å². The van der Waals surface area contributed by atoms with E-state index in [2.05, 4.69) is 13.8 Å². The van der Waals surface area contributed by atoms with Gasteiger partial charge in [0.2, 0.25) is 0 Å². The first-order valence-electron chi connectivity index (χ1n) is 9.18. The van der Waals surface area contributed by atoms with E-state index in [1.165, 1.54) is 0 Å². The van der Waals surface area contributed by atoms with E-state index in [9.17, 15) is 10.2 Å². The van der Waals surface area contributed by atoms with Crippen molar-refractivity contribution >= 4 is 0 Å². The molecule has 0 radical (unpaired) electrons. The molecule has 0 aliphatic heterocycles. The van der Waals surface area contributed by atoms with Gasteiger partial charge in [-0.3, -0.25) is 0 Å². The van der Waals surface area contributed by atoms with Crippen molar-refractivity contribution in [2.75, 3.05) is 66.1 Å². The zero-order valence-electron chi connectivity index (χ0n) is 17.1. The lowest BCUT2D eigenvalue weighted by Crippen LogP contribution is -2.37. The summed E-state index contributed by atoms with van der Waals surface area (Å²) >= 11 is 0. The third kappa shape index (κ3) is 11.2. The van der Waals surface area contributed by atoms with Crippen LogP contribution < -0.4 is 0 Å². The molecule has 6 nitrogen and oxygen atoms in total. The second kappa shape index (κ2) is 12.2. The maximum atomic E-state index is 9.55. The predicted octanol–water partition coefficient (Wildman–Crippen LogP) is 2.12. The van der Waals surface area contributed by atoms with Gasteiger partial charge in [0.1, 0.15) is 0 Å². The summed E-state index contributed by atoms with van der Waals surface area (Å²) in [5.74, 6) is 0. The van der Waals surface area contributed by atoms with Gasteiger partial charge in [-0.1, -0.05) is 27.7 Å². The molecule has 0 saturated carbocycles. The van der Waals surface area contributed by atoms with E-state index in [1.54, 1.807) is 0 Å². The third-order valence-corrected chi connectivity index (χ3v) is 3.96. The molecule has 2 atom stereocenters. The number of aliphatic hydroxyl groups excluding tert-OH is 2. The van der Waals surface area contributed by atoms with Crippen LogP contribution in [0.4, 0.5) is 0 Å². The highest BCUT2D eigenvalue weighted by molar-refractivity contribution is 4.76. The highest BCUT2D eigenvalue weighted by Gasteiger charge is 2.28. The van der Waals surface area contributed by atoms with Crippen molar-refractivity contribution in [1.82, 2.24) is 0 Å². The Bertz CT molecular complexity index is 306. The summed E-state index contributed by atoms with van der Waals surface area (Å²) in [5, 5.41) is 19.1. The van der Waals surface area contributed by atoms with Crippen LogP contribution >= 0.6 is 0 Å². The molecule has 0 aromatic heterocycles. The Morgan fingerprint density at radius 2 is 0.880 bits per heavy atom. The van der Waals surface area contributed by atoms with Gasteiger partial charge in [-0.05, 0) is 13.8 Å². The van der Waals surface area contributed by atoms with Gasteiger partial charge < -0.3 is 29.2 Å². The summed E-state index contributed by atoms with van der Waals surface area (Å²) in [5.41, 5.74) is -0.941. The molecule has 0 aromatic rings. The molecule has 0 fully saturated rings. The molecule has 0 spiro atoms. The van der Waals surface area contributed by atoms with Crippen molar-refractivity contribution in [2.45, 2.75) is 41.5 Å². The van der Waals surface area contributed by atoms with Crippen LogP contribution in [0.5, 0.6) is 0 Å². The van der Waals surface area contributed by atoms with E-state index >= 15 is 0 Å². The molecule has 2 unspecified atom stereocenters. The molecular formula is C19H40O6. The van der Waals surface area contributed by atoms with Crippen LogP contribution in [0.2, 0.25) is 0 Å². The molecule has 0 rings (SSSR count). The average Bonchev–Trinajstić information content (AvgIpc) is 2.57. The van der Waals surface area contributed by atoms with E-state index in [4.69, 9.17) is 18.9 Å². The van der Waals surface area contributed by atoms with E-state index in [1.807, 2.05) is 27.7 Å². The number of ether oxygens (including phenoxy) is 4. The van der Waals surface area contributed by atoms with E-state index < -0.39 is 0 Å². The standard InChI is InChI=1S/C19H40O6/c1-7-22-13-18(5,9-20)15-24-11-17(3,4)12-25-16-19(6,10-21)14-23-8-2/h20-21H,7-16H2,1-6H3. The van der Waals surface area contributed by atoms with Crippen LogP contribution in [0.1, 0.15) is 41.5 Å². The molecule has 2 N–H and O–H groups in total. The van der Waals surface area contributed by atoms with Gasteiger partial charge in [-0.15, -0.1) is 0 Å². The molecule has 0 heterocycles. The summed E-state index contributed by atoms with van der Waals surface area (Å²) in [7, 11) is 0. The number of hydrogen-bond donors (Lipinski definition) is 2. The predicted molar refractivity (Wildman–Crippen MR) is 98.8 cm³/mol. The number of rotatable bonds is 16. The minimum Gasteiger partial charge on any atom is -0.396 e. The van der Waals surface area contributed by atoms with Crippen LogP contribution in [-0.2, 0) is 18.9 Å². The first kappa shape index (κ1) is 24.8. The Morgan fingerprint density at radius 3 is 1.16 bits per heavy atom. The fraction of sp³-hybridized carbons (Fsp3) is 1.00. The normalized spacial score (nSPS) is 17.3. The van der Waals surface area contributed by atoms with Crippen LogP contribution in [0.25, 0.3) is 0 Å². The Morgan fingerprint density at radius 1 is 0.560 bits per heavy atom. The van der Waals surface area contributed by atoms with Gasteiger partial charge in [-0.25, -0.2) is 0 Å². The summed E-state index contributed by atoms with van der Waals surface area (Å²) < 4.78 is 22.5. The largest absolute Gasteiger partial charge is 0.396 e. The fourth-order valence-electron chi connectivity index (χ4n) is 2.15. The second-order valence-corrected chi connectivity index (χ2v) is 8.36. The molecule has 0 saturated heterocycles. The summed E-state index contributed by atoms with van der Waals surface area (Å²) in [6.07, 6.45) is 0. The molecule has 152 valence electrons. The van der Waals surface area contributed by atoms with Crippen molar-refractivity contribution in [3.63, 3.8) is 0 Å². The second-order valence-electron chi connectivity index (χ2n) is 8.36. The smallest absolute Gasteiger partial charge is 0.0564 e. The lowest BCUT2D eigenvalue weighted by Gasteiger charge is -2.32. The quantitative estimate of drug-likeness (QED) is 0.437. The molecule has 0 aliphatic carbocycles. The van der Waals surface area contributed by atoms with Gasteiger partial charge in [0.05, 0.1) is 52.9 Å². The minimum atomic E-state index is -0.389. The van der Waals surface area contributed by atoms with Crippen molar-refractivity contribution in [3.8, 4) is 0 Å². The van der Waals surface area contributed by atoms with Crippen LogP contribution in [0, 0.1) is 16.2 Å². The molecular weight excluding hydrogens is 324 g/mol. The molecule has 0 aromatic carbocycles. The monoisotopic (exact) mass is 364 g/mol. The Labute approximate surface area is 153 Å². The third-order valence-electron chi connectivity index (χ3n) is 3.96. The highest BCUT2D eigenvalue weighted by atomic mass is 16.5. The molecule has 25 heavy (non-hydrogen) atoms. The number of aliphatic hydroxyl groups is 2. The lowest BCUT2D eigenvalue weighted by molar-refractivity contribution is -0.0839. The Hall–Kier alpha value is -0.240. The van der Waals surface area contributed by atoms with E-state index in [0.29, 0.717) is 52.9 Å². The number of hydrogen-bond acceptors (Lipinski definition) is 6. The maximum absolute atomic E-state index is 9.55. The van der Waals surface area contributed by atoms with Gasteiger partial charge in [0.25, 0.3) is 0 Å². The summed E-state index contributed by atoms with van der Waals surface area (Å²) in [6, 6.07) is 0. The first-order chi connectivity index (χ1) is 11.7. The summed E-state index contributed by atoms with van der Waals surface area (Å²) in [6.45, 7) is 16.1. The zero-order valence-corrected chi connectivity index (χ0v) is 17.1. The van der Waals surface area contributed by atoms with Crippen LogP contribution in [0.15, 0.2) is 0 Å². The molecule has 6 heteroatoms. The van der Waals surface area contributed by atoms with Crippen molar-refractivity contribution < 1.29 is 29.2 Å². The Kier molecular flexibility index (Phi) is 12.1. The van der Waals surface area contributed by atoms with Gasteiger partial charge >= 0.3 is 0 Å². The first-order valence-corrected chi connectivity index (χ1v) is 9.18. The minimum absolute atomic E-state index is 0.0240. The molecule has 0 aliphatic rings. The highest BCUT2D eigenvalue weighted by Crippen LogP contribution is 2.23. The van der Waals surface area contributed by atoms with Crippen LogP contribution in [-0.4, -0.2) is 76.3 Å². The molecule has 0 bridgehead atoms. The fourth-order valence-corrected chi connectivity index (χ4v) is 2.15. The van der Waals surface area contributed by atoms with Crippen LogP contribution in [0.3, 0.4) is 0 Å². The SMILES string of the molecule is CCOCC(C)(CO)COCC(C)(C)COCC(C)(CO)COCC. The lowest BCUT2D eigenvalue weighted by atomic mass is 9.92. The average molecular weight is 365 g/mol. The van der Waals surface area contributed by atoms with Gasteiger partial charge in [0, 0.05) is 29.5 Å². The maximum Gasteiger partial charge on any atom is 0.0564 e. The topological polar surface area (TPSA) is 77.4 Å². The van der Waals surface area contributed by atoms with Gasteiger partial charge in [-0.2, -0.15) is 0 Å². The summed E-state index contributed by atoms with van der Waals surface area (Å²) in [4.78, 5) is 0. The Balaban J connectivity index is 4.23. The zero-order chi connectivity index (χ0) is 19.4. The van der Waals surface area contributed by atoms with Gasteiger partial charge in [0.15, 0.2) is 0 Å². The molecule has 0 amide bonds. The van der Waals surface area contributed by atoms with Crippen molar-refractivity contribution in [3.05, 3.63) is 0 Å². The van der Waals surface area contributed by atoms with Crippen molar-refractivity contribution in [1.29, 1.82) is 0 Å². The van der Waals surface area contributed by atoms with Crippen molar-refractivity contribution in [2.24, 2.45) is 16.2 Å². The van der Waals surface area contributed by atoms with E-state index in [0.717, 1.165) is 0 Å².